The largest absolute Gasteiger partial charge is 0.455 e. The molecule has 0 fully saturated rings. The SMILES string of the molecule is c1ccc2c(c1)-c1ccccc1C21c2cc(-c3cccc4oc5c6ccccc6ccc5c34)ccc2-c2c(-c3cccc4ccccc34)cc3ccccc3c21. The molecule has 1 aromatic heterocycles. The first kappa shape index (κ1) is 30.1. The molecule has 0 radical (unpaired) electrons. The third kappa shape index (κ3) is 3.75. The summed E-state index contributed by atoms with van der Waals surface area (Å²) in [7, 11) is 0. The molecule has 0 saturated heterocycles. The van der Waals surface area contributed by atoms with Crippen molar-refractivity contribution in [2.24, 2.45) is 0 Å². The zero-order chi connectivity index (χ0) is 36.5. The molecule has 2 aliphatic carbocycles. The molecule has 11 aromatic rings. The van der Waals surface area contributed by atoms with Crippen LogP contribution in [0.15, 0.2) is 199 Å². The highest BCUT2D eigenvalue weighted by molar-refractivity contribution is 6.19. The second-order valence-electron chi connectivity index (χ2n) is 15.5. The van der Waals surface area contributed by atoms with E-state index in [1.165, 1.54) is 93.7 Å². The van der Waals surface area contributed by atoms with E-state index in [4.69, 9.17) is 4.42 Å². The molecule has 1 nitrogen and oxygen atoms in total. The van der Waals surface area contributed by atoms with Crippen LogP contribution in [-0.2, 0) is 5.41 Å². The summed E-state index contributed by atoms with van der Waals surface area (Å²) in [6.45, 7) is 0. The van der Waals surface area contributed by atoms with Crippen LogP contribution in [0, 0.1) is 0 Å². The van der Waals surface area contributed by atoms with E-state index >= 15 is 0 Å². The molecule has 0 bridgehead atoms. The molecule has 0 saturated carbocycles. The van der Waals surface area contributed by atoms with E-state index in [0.29, 0.717) is 0 Å². The number of rotatable bonds is 2. The highest BCUT2D eigenvalue weighted by atomic mass is 16.3. The summed E-state index contributed by atoms with van der Waals surface area (Å²) in [6.07, 6.45) is 0. The lowest BCUT2D eigenvalue weighted by atomic mass is 9.68. The summed E-state index contributed by atoms with van der Waals surface area (Å²) in [5.41, 5.74) is 16.9. The molecule has 1 heterocycles. The van der Waals surface area contributed by atoms with Gasteiger partial charge < -0.3 is 4.42 Å². The summed E-state index contributed by atoms with van der Waals surface area (Å²) >= 11 is 0. The Morgan fingerprint density at radius 1 is 0.339 bits per heavy atom. The quantitative estimate of drug-likeness (QED) is 0.174. The van der Waals surface area contributed by atoms with Gasteiger partial charge in [0.2, 0.25) is 0 Å². The molecule has 2 aliphatic rings. The first-order valence-electron chi connectivity index (χ1n) is 19.5. The van der Waals surface area contributed by atoms with E-state index in [1.807, 2.05) is 0 Å². The maximum Gasteiger partial charge on any atom is 0.143 e. The van der Waals surface area contributed by atoms with Crippen LogP contribution in [0.1, 0.15) is 22.3 Å². The van der Waals surface area contributed by atoms with Crippen LogP contribution in [-0.4, -0.2) is 0 Å². The van der Waals surface area contributed by atoms with Crippen LogP contribution < -0.4 is 0 Å². The lowest BCUT2D eigenvalue weighted by Crippen LogP contribution is -2.26. The Kier molecular flexibility index (Phi) is 5.89. The van der Waals surface area contributed by atoms with Crippen molar-refractivity contribution in [2.75, 3.05) is 0 Å². The fraction of sp³-hybridized carbons (Fsp3) is 0.0182. The molecule has 1 spiro atoms. The third-order valence-electron chi connectivity index (χ3n) is 12.8. The van der Waals surface area contributed by atoms with Gasteiger partial charge in [0.15, 0.2) is 0 Å². The van der Waals surface area contributed by atoms with Crippen molar-refractivity contribution in [3.05, 3.63) is 216 Å². The fourth-order valence-corrected chi connectivity index (χ4v) is 10.7. The number of furan rings is 1. The van der Waals surface area contributed by atoms with E-state index in [-0.39, 0.29) is 0 Å². The summed E-state index contributed by atoms with van der Waals surface area (Å²) < 4.78 is 6.71. The van der Waals surface area contributed by atoms with Crippen molar-refractivity contribution >= 4 is 54.3 Å². The van der Waals surface area contributed by atoms with Gasteiger partial charge >= 0.3 is 0 Å². The summed E-state index contributed by atoms with van der Waals surface area (Å²) in [5.74, 6) is 0. The minimum absolute atomic E-state index is 0.531. The number of fused-ring (bicyclic) bond motifs is 18. The minimum atomic E-state index is -0.531. The summed E-state index contributed by atoms with van der Waals surface area (Å²) in [5, 5.41) is 9.70. The zero-order valence-electron chi connectivity index (χ0n) is 30.4. The molecular formula is C55H32O. The van der Waals surface area contributed by atoms with Gasteiger partial charge in [0.1, 0.15) is 11.2 Å². The predicted molar refractivity (Wildman–Crippen MR) is 233 cm³/mol. The van der Waals surface area contributed by atoms with Gasteiger partial charge in [-0.3, -0.25) is 0 Å². The summed E-state index contributed by atoms with van der Waals surface area (Å²) in [4.78, 5) is 0. The predicted octanol–water partition coefficient (Wildman–Crippen LogP) is 14.7. The standard InChI is InChI=1S/C55H32O/c1-4-17-37-33(13-1)16-11-23-41(37)46-31-35-15-3-5-18-39(35)53-52(46)44-29-28-36(32-49(44)55(53)47-24-9-7-20-42(47)43-21-8-10-25-48(43)55)38-22-12-26-50-51(38)45-30-27-34-14-2-6-19-40(34)54(45)56-50/h1-32H. The molecule has 0 unspecified atom stereocenters. The Hall–Kier alpha value is -7.22. The van der Waals surface area contributed by atoms with Crippen LogP contribution in [0.25, 0.3) is 98.8 Å². The number of hydrogen-bond acceptors (Lipinski definition) is 1. The smallest absolute Gasteiger partial charge is 0.143 e. The van der Waals surface area contributed by atoms with E-state index in [9.17, 15) is 0 Å². The van der Waals surface area contributed by atoms with Gasteiger partial charge in [0.05, 0.1) is 5.41 Å². The first-order chi connectivity index (χ1) is 27.8. The molecule has 56 heavy (non-hydrogen) atoms. The minimum Gasteiger partial charge on any atom is -0.455 e. The van der Waals surface area contributed by atoms with Gasteiger partial charge in [-0.15, -0.1) is 0 Å². The van der Waals surface area contributed by atoms with Gasteiger partial charge in [0, 0.05) is 16.2 Å². The van der Waals surface area contributed by atoms with Gasteiger partial charge in [0.25, 0.3) is 0 Å². The lowest BCUT2D eigenvalue weighted by molar-refractivity contribution is 0.673. The lowest BCUT2D eigenvalue weighted by Gasteiger charge is -2.32. The third-order valence-corrected chi connectivity index (χ3v) is 12.8. The van der Waals surface area contributed by atoms with E-state index < -0.39 is 5.41 Å². The van der Waals surface area contributed by atoms with Crippen molar-refractivity contribution in [3.8, 4) is 44.5 Å². The van der Waals surface area contributed by atoms with Crippen molar-refractivity contribution in [2.45, 2.75) is 5.41 Å². The van der Waals surface area contributed by atoms with Crippen LogP contribution in [0.3, 0.4) is 0 Å². The number of benzene rings is 10. The van der Waals surface area contributed by atoms with Gasteiger partial charge in [-0.1, -0.05) is 170 Å². The van der Waals surface area contributed by atoms with Crippen LogP contribution in [0.2, 0.25) is 0 Å². The van der Waals surface area contributed by atoms with Gasteiger partial charge in [-0.2, -0.15) is 0 Å². The first-order valence-corrected chi connectivity index (χ1v) is 19.5. The Balaban J connectivity index is 1.19. The molecule has 258 valence electrons. The Morgan fingerprint density at radius 2 is 0.946 bits per heavy atom. The second kappa shape index (κ2) is 10.9. The monoisotopic (exact) mass is 708 g/mol. The molecule has 1 heteroatoms. The van der Waals surface area contributed by atoms with Crippen LogP contribution in [0.5, 0.6) is 0 Å². The van der Waals surface area contributed by atoms with Crippen LogP contribution in [0.4, 0.5) is 0 Å². The average Bonchev–Trinajstić information content (AvgIpc) is 3.90. The second-order valence-corrected chi connectivity index (χ2v) is 15.5. The molecular weight excluding hydrogens is 677 g/mol. The maximum absolute atomic E-state index is 6.71. The highest BCUT2D eigenvalue weighted by Crippen LogP contribution is 2.66. The topological polar surface area (TPSA) is 13.1 Å². The average molecular weight is 709 g/mol. The Labute approximate surface area is 323 Å². The molecule has 10 aromatic carbocycles. The number of hydrogen-bond donors (Lipinski definition) is 0. The zero-order valence-corrected chi connectivity index (χ0v) is 30.4. The molecule has 0 aliphatic heterocycles. The van der Waals surface area contributed by atoms with Crippen molar-refractivity contribution < 1.29 is 4.42 Å². The van der Waals surface area contributed by atoms with E-state index in [0.717, 1.165) is 27.3 Å². The van der Waals surface area contributed by atoms with Crippen molar-refractivity contribution in [1.29, 1.82) is 0 Å². The van der Waals surface area contributed by atoms with Crippen molar-refractivity contribution in [1.82, 2.24) is 0 Å². The fourth-order valence-electron chi connectivity index (χ4n) is 10.7. The highest BCUT2D eigenvalue weighted by Gasteiger charge is 2.53. The van der Waals surface area contributed by atoms with Gasteiger partial charge in [-0.05, 0) is 118 Å². The summed E-state index contributed by atoms with van der Waals surface area (Å²) in [6, 6.07) is 72.1. The Bertz CT molecular complexity index is 3440. The Morgan fingerprint density at radius 3 is 1.75 bits per heavy atom. The molecule has 0 atom stereocenters. The maximum atomic E-state index is 6.71. The normalized spacial score (nSPS) is 13.5. The molecule has 0 amide bonds. The van der Waals surface area contributed by atoms with Gasteiger partial charge in [-0.25, -0.2) is 0 Å². The van der Waals surface area contributed by atoms with Crippen molar-refractivity contribution in [3.63, 3.8) is 0 Å². The van der Waals surface area contributed by atoms with E-state index in [2.05, 4.69) is 194 Å². The molecule has 13 rings (SSSR count). The van der Waals surface area contributed by atoms with E-state index in [1.54, 1.807) is 0 Å². The van der Waals surface area contributed by atoms with Crippen LogP contribution >= 0.6 is 0 Å². The molecule has 0 N–H and O–H groups in total.